The van der Waals surface area contributed by atoms with E-state index in [1.54, 1.807) is 18.2 Å². The number of ether oxygens (including phenoxy) is 1. The number of aliphatic imine (C=N–C) groups is 1. The topological polar surface area (TPSA) is 76.0 Å². The standard InChI is InChI=1S/C16H14N2O4S2/c1-18(2)24(20,21)13-7-3-5-11(9-13)15-17-14(16(19)22-15)10-12-6-4-8-23-12/h3-10H,1-2H3/b14-10-. The van der Waals surface area contributed by atoms with Crippen molar-refractivity contribution >= 4 is 39.3 Å². The number of benzene rings is 1. The molecule has 1 aliphatic heterocycles. The highest BCUT2D eigenvalue weighted by atomic mass is 32.2. The molecule has 2 aromatic rings. The van der Waals surface area contributed by atoms with Crippen molar-refractivity contribution in [1.29, 1.82) is 0 Å². The monoisotopic (exact) mass is 362 g/mol. The molecule has 0 aliphatic carbocycles. The lowest BCUT2D eigenvalue weighted by Gasteiger charge is -2.11. The molecule has 0 radical (unpaired) electrons. The predicted molar refractivity (Wildman–Crippen MR) is 92.2 cm³/mol. The zero-order valence-corrected chi connectivity index (χ0v) is 14.6. The van der Waals surface area contributed by atoms with Crippen LogP contribution in [0.4, 0.5) is 0 Å². The zero-order valence-electron chi connectivity index (χ0n) is 13.0. The van der Waals surface area contributed by atoms with Gasteiger partial charge in [-0.25, -0.2) is 22.5 Å². The lowest BCUT2D eigenvalue weighted by atomic mass is 10.2. The lowest BCUT2D eigenvalue weighted by Crippen LogP contribution is -2.22. The molecule has 0 spiro atoms. The number of rotatable bonds is 4. The molecule has 0 amide bonds. The van der Waals surface area contributed by atoms with Gasteiger partial charge in [0.05, 0.1) is 4.90 Å². The Hall–Kier alpha value is -2.29. The summed E-state index contributed by atoms with van der Waals surface area (Å²) >= 11 is 1.48. The second-order valence-electron chi connectivity index (χ2n) is 5.17. The Kier molecular flexibility index (Phi) is 4.35. The smallest absolute Gasteiger partial charge is 0.363 e. The molecule has 2 heterocycles. The van der Waals surface area contributed by atoms with Crippen LogP contribution in [0.2, 0.25) is 0 Å². The summed E-state index contributed by atoms with van der Waals surface area (Å²) < 4.78 is 30.7. The number of carbonyl (C=O) groups excluding carboxylic acids is 1. The Bertz CT molecular complexity index is 942. The molecule has 6 nitrogen and oxygen atoms in total. The lowest BCUT2D eigenvalue weighted by molar-refractivity contribution is -0.129. The average molecular weight is 362 g/mol. The molecule has 1 aromatic carbocycles. The van der Waals surface area contributed by atoms with Gasteiger partial charge in [-0.15, -0.1) is 11.3 Å². The highest BCUT2D eigenvalue weighted by Gasteiger charge is 2.26. The summed E-state index contributed by atoms with van der Waals surface area (Å²) in [5.41, 5.74) is 0.620. The molecule has 3 rings (SSSR count). The number of cyclic esters (lactones) is 1. The van der Waals surface area contributed by atoms with E-state index in [4.69, 9.17) is 4.74 Å². The first-order chi connectivity index (χ1) is 11.4. The summed E-state index contributed by atoms with van der Waals surface area (Å²) in [5, 5.41) is 1.90. The highest BCUT2D eigenvalue weighted by molar-refractivity contribution is 7.89. The van der Waals surface area contributed by atoms with E-state index in [1.165, 1.54) is 37.6 Å². The molecule has 0 fully saturated rings. The summed E-state index contributed by atoms with van der Waals surface area (Å²) in [6.45, 7) is 0. The fourth-order valence-corrected chi connectivity index (χ4v) is 3.64. The van der Waals surface area contributed by atoms with E-state index in [-0.39, 0.29) is 16.5 Å². The molecule has 0 unspecified atom stereocenters. The van der Waals surface area contributed by atoms with E-state index < -0.39 is 16.0 Å². The molecule has 124 valence electrons. The third kappa shape index (κ3) is 3.16. The highest BCUT2D eigenvalue weighted by Crippen LogP contribution is 2.23. The minimum Gasteiger partial charge on any atom is -0.402 e. The molecule has 8 heteroatoms. The van der Waals surface area contributed by atoms with Crippen LogP contribution in [-0.2, 0) is 19.6 Å². The van der Waals surface area contributed by atoms with Crippen LogP contribution in [0, 0.1) is 0 Å². The maximum Gasteiger partial charge on any atom is 0.363 e. The fourth-order valence-electron chi connectivity index (χ4n) is 2.04. The fraction of sp³-hybridized carbons (Fsp3) is 0.125. The molecule has 0 saturated carbocycles. The van der Waals surface area contributed by atoms with Crippen LogP contribution in [0.15, 0.2) is 57.4 Å². The average Bonchev–Trinajstić information content (AvgIpc) is 3.18. The number of hydrogen-bond acceptors (Lipinski definition) is 6. The molecule has 1 aromatic heterocycles. The van der Waals surface area contributed by atoms with Crippen molar-refractivity contribution < 1.29 is 17.9 Å². The number of nitrogens with zero attached hydrogens (tertiary/aromatic N) is 2. The van der Waals surface area contributed by atoms with Crippen molar-refractivity contribution in [1.82, 2.24) is 4.31 Å². The van der Waals surface area contributed by atoms with Gasteiger partial charge in [-0.2, -0.15) is 0 Å². The number of thiophene rings is 1. The number of hydrogen-bond donors (Lipinski definition) is 0. The van der Waals surface area contributed by atoms with E-state index in [2.05, 4.69) is 4.99 Å². The van der Waals surface area contributed by atoms with E-state index in [1.807, 2.05) is 17.5 Å². The molecule has 0 atom stereocenters. The summed E-state index contributed by atoms with van der Waals surface area (Å²) in [6, 6.07) is 9.90. The Labute approximate surface area is 143 Å². The first-order valence-corrected chi connectivity index (χ1v) is 9.29. The second kappa shape index (κ2) is 6.31. The molecule has 0 saturated heterocycles. The van der Waals surface area contributed by atoms with Gasteiger partial charge in [0.15, 0.2) is 5.70 Å². The summed E-state index contributed by atoms with van der Waals surface area (Å²) in [7, 11) is -0.661. The zero-order chi connectivity index (χ0) is 17.3. The predicted octanol–water partition coefficient (Wildman–Crippen LogP) is 2.34. The Morgan fingerprint density at radius 3 is 2.67 bits per heavy atom. The summed E-state index contributed by atoms with van der Waals surface area (Å²) in [5.74, 6) is -0.460. The number of sulfonamides is 1. The molecular weight excluding hydrogens is 348 g/mol. The quantitative estimate of drug-likeness (QED) is 0.618. The van der Waals surface area contributed by atoms with Crippen LogP contribution in [0.3, 0.4) is 0 Å². The van der Waals surface area contributed by atoms with Crippen molar-refractivity contribution in [3.8, 4) is 0 Å². The largest absolute Gasteiger partial charge is 0.402 e. The SMILES string of the molecule is CN(C)S(=O)(=O)c1cccc(C2=N/C(=C\c3cccs3)C(=O)O2)c1. The molecule has 0 N–H and O–H groups in total. The van der Waals surface area contributed by atoms with Crippen LogP contribution in [0.1, 0.15) is 10.4 Å². The van der Waals surface area contributed by atoms with Gasteiger partial charge >= 0.3 is 5.97 Å². The van der Waals surface area contributed by atoms with Crippen LogP contribution in [0.25, 0.3) is 6.08 Å². The Morgan fingerprint density at radius 1 is 1.21 bits per heavy atom. The van der Waals surface area contributed by atoms with Crippen LogP contribution in [-0.4, -0.2) is 38.7 Å². The Morgan fingerprint density at radius 2 is 2.00 bits per heavy atom. The van der Waals surface area contributed by atoms with Gasteiger partial charge in [0, 0.05) is 24.5 Å². The normalized spacial score (nSPS) is 16.5. The van der Waals surface area contributed by atoms with Gasteiger partial charge in [0.2, 0.25) is 15.9 Å². The van der Waals surface area contributed by atoms with Crippen molar-refractivity contribution in [3.63, 3.8) is 0 Å². The van der Waals surface area contributed by atoms with Crippen molar-refractivity contribution in [2.24, 2.45) is 4.99 Å². The third-order valence-electron chi connectivity index (χ3n) is 3.30. The molecular formula is C16H14N2O4S2. The molecule has 0 bridgehead atoms. The summed E-state index contributed by atoms with van der Waals surface area (Å²) in [4.78, 5) is 17.1. The second-order valence-corrected chi connectivity index (χ2v) is 8.30. The van der Waals surface area contributed by atoms with Crippen molar-refractivity contribution in [3.05, 3.63) is 57.9 Å². The third-order valence-corrected chi connectivity index (χ3v) is 5.93. The van der Waals surface area contributed by atoms with E-state index in [0.717, 1.165) is 9.18 Å². The summed E-state index contributed by atoms with van der Waals surface area (Å²) in [6.07, 6.45) is 1.64. The van der Waals surface area contributed by atoms with Gasteiger partial charge in [-0.05, 0) is 35.7 Å². The van der Waals surface area contributed by atoms with E-state index >= 15 is 0 Å². The van der Waals surface area contributed by atoms with Crippen molar-refractivity contribution in [2.45, 2.75) is 4.90 Å². The van der Waals surface area contributed by atoms with Gasteiger partial charge in [0.25, 0.3) is 0 Å². The maximum absolute atomic E-state index is 12.2. The first kappa shape index (κ1) is 16.6. The van der Waals surface area contributed by atoms with Gasteiger partial charge in [-0.1, -0.05) is 12.1 Å². The van der Waals surface area contributed by atoms with Gasteiger partial charge in [0.1, 0.15) is 0 Å². The minimum absolute atomic E-state index is 0.0959. The number of esters is 1. The van der Waals surface area contributed by atoms with Crippen LogP contribution < -0.4 is 0 Å². The van der Waals surface area contributed by atoms with E-state index in [0.29, 0.717) is 5.56 Å². The van der Waals surface area contributed by atoms with Crippen LogP contribution >= 0.6 is 11.3 Å². The maximum atomic E-state index is 12.2. The molecule has 1 aliphatic rings. The Balaban J connectivity index is 1.97. The van der Waals surface area contributed by atoms with E-state index in [9.17, 15) is 13.2 Å². The van der Waals surface area contributed by atoms with Crippen LogP contribution in [0.5, 0.6) is 0 Å². The first-order valence-electron chi connectivity index (χ1n) is 6.97. The molecule has 24 heavy (non-hydrogen) atoms. The van der Waals surface area contributed by atoms with Gasteiger partial charge in [-0.3, -0.25) is 0 Å². The van der Waals surface area contributed by atoms with Crippen molar-refractivity contribution in [2.75, 3.05) is 14.1 Å². The number of carbonyl (C=O) groups is 1. The minimum atomic E-state index is -3.57. The van der Waals surface area contributed by atoms with Gasteiger partial charge < -0.3 is 4.74 Å².